The van der Waals surface area contributed by atoms with Crippen LogP contribution in [0.1, 0.15) is 13.8 Å². The molecule has 0 amide bonds. The van der Waals surface area contributed by atoms with E-state index in [0.717, 1.165) is 16.7 Å². The molecule has 6 heteroatoms. The SMILES string of the molecule is CN=C1N[N+]2=C(C)CSCC2(C)S1.[Cl-]. The number of fused-ring (bicyclic) bond motifs is 1. The second kappa shape index (κ2) is 4.33. The molecule has 0 aromatic carbocycles. The number of hydrogen-bond donors (Lipinski definition) is 1. The van der Waals surface area contributed by atoms with Gasteiger partial charge >= 0.3 is 0 Å². The van der Waals surface area contributed by atoms with Crippen molar-refractivity contribution in [3.63, 3.8) is 0 Å². The first kappa shape index (κ1) is 12.2. The number of thioether (sulfide) groups is 2. The first-order valence-electron chi connectivity index (χ1n) is 4.28. The van der Waals surface area contributed by atoms with E-state index in [1.807, 2.05) is 30.6 Å². The standard InChI is InChI=1S/C8H14N3S2.ClH/c1-6-4-12-5-8(2)11(6)10-7(9-3)13-8;/h4-5H2,1-3H3,(H,9,10);1H/q+1;/p-1. The molecule has 1 saturated heterocycles. The molecule has 80 valence electrons. The van der Waals surface area contributed by atoms with Crippen LogP contribution in [0.5, 0.6) is 0 Å². The lowest BCUT2D eigenvalue weighted by Gasteiger charge is -2.21. The number of amidine groups is 1. The van der Waals surface area contributed by atoms with Crippen LogP contribution in [-0.4, -0.2) is 39.0 Å². The van der Waals surface area contributed by atoms with Crippen LogP contribution in [0.2, 0.25) is 0 Å². The summed E-state index contributed by atoms with van der Waals surface area (Å²) in [5, 5.41) is 1.03. The number of hydrazine groups is 1. The fourth-order valence-electron chi connectivity index (χ4n) is 1.63. The van der Waals surface area contributed by atoms with Crippen molar-refractivity contribution in [2.45, 2.75) is 18.7 Å². The van der Waals surface area contributed by atoms with Gasteiger partial charge in [-0.25, -0.2) is 0 Å². The van der Waals surface area contributed by atoms with Crippen LogP contribution in [-0.2, 0) is 0 Å². The molecule has 0 aliphatic carbocycles. The van der Waals surface area contributed by atoms with Gasteiger partial charge in [-0.3, -0.25) is 4.99 Å². The highest BCUT2D eigenvalue weighted by molar-refractivity contribution is 8.15. The van der Waals surface area contributed by atoms with Crippen LogP contribution in [0.4, 0.5) is 0 Å². The Hall–Kier alpha value is 0.130. The number of rotatable bonds is 0. The zero-order valence-corrected chi connectivity index (χ0v) is 10.9. The monoisotopic (exact) mass is 251 g/mol. The molecule has 3 nitrogen and oxygen atoms in total. The predicted octanol–water partition coefficient (Wildman–Crippen LogP) is -1.84. The number of hydrazone groups is 1. The van der Waals surface area contributed by atoms with Gasteiger partial charge in [0.15, 0.2) is 5.71 Å². The summed E-state index contributed by atoms with van der Waals surface area (Å²) in [4.78, 5) is 4.36. The summed E-state index contributed by atoms with van der Waals surface area (Å²) in [7, 11) is 1.83. The van der Waals surface area contributed by atoms with E-state index >= 15 is 0 Å². The second-order valence-corrected chi connectivity index (χ2v) is 5.94. The zero-order chi connectivity index (χ0) is 9.47. The van der Waals surface area contributed by atoms with Gasteiger partial charge in [-0.15, -0.1) is 21.9 Å². The highest BCUT2D eigenvalue weighted by Crippen LogP contribution is 2.37. The summed E-state index contributed by atoms with van der Waals surface area (Å²) in [6.45, 7) is 4.44. The summed E-state index contributed by atoms with van der Waals surface area (Å²) < 4.78 is 2.26. The van der Waals surface area contributed by atoms with Gasteiger partial charge in [-0.05, 0) is 11.8 Å². The Balaban J connectivity index is 0.000000980. The lowest BCUT2D eigenvalue weighted by molar-refractivity contribution is -0.607. The van der Waals surface area contributed by atoms with Crippen LogP contribution in [0, 0.1) is 0 Å². The Morgan fingerprint density at radius 1 is 1.57 bits per heavy atom. The molecule has 0 bridgehead atoms. The van der Waals surface area contributed by atoms with E-state index in [0.29, 0.717) is 0 Å². The van der Waals surface area contributed by atoms with Crippen LogP contribution in [0.3, 0.4) is 0 Å². The summed E-state index contributed by atoms with van der Waals surface area (Å²) in [5.74, 6) is 2.28. The van der Waals surface area contributed by atoms with E-state index in [1.54, 1.807) is 0 Å². The van der Waals surface area contributed by atoms with Crippen molar-refractivity contribution in [1.29, 1.82) is 0 Å². The van der Waals surface area contributed by atoms with Crippen LogP contribution in [0.15, 0.2) is 4.99 Å². The Morgan fingerprint density at radius 3 is 2.86 bits per heavy atom. The van der Waals surface area contributed by atoms with Crippen molar-refractivity contribution in [1.82, 2.24) is 5.43 Å². The lowest BCUT2D eigenvalue weighted by atomic mass is 10.3. The minimum absolute atomic E-state index is 0. The molecule has 0 aromatic heterocycles. The average Bonchev–Trinajstić information content (AvgIpc) is 2.43. The lowest BCUT2D eigenvalue weighted by Crippen LogP contribution is -3.00. The van der Waals surface area contributed by atoms with Gasteiger partial charge in [0, 0.05) is 20.9 Å². The molecule has 1 N–H and O–H groups in total. The minimum atomic E-state index is 0. The topological polar surface area (TPSA) is 27.4 Å². The molecule has 14 heavy (non-hydrogen) atoms. The van der Waals surface area contributed by atoms with Crippen molar-refractivity contribution >= 4 is 34.4 Å². The highest BCUT2D eigenvalue weighted by Gasteiger charge is 2.49. The second-order valence-electron chi connectivity index (χ2n) is 3.48. The highest BCUT2D eigenvalue weighted by atomic mass is 35.5. The minimum Gasteiger partial charge on any atom is -1.00 e. The molecular weight excluding hydrogens is 238 g/mol. The molecule has 0 spiro atoms. The predicted molar refractivity (Wildman–Crippen MR) is 60.8 cm³/mol. The summed E-state index contributed by atoms with van der Waals surface area (Å²) >= 11 is 3.82. The molecular formula is C8H14ClN3S2. The van der Waals surface area contributed by atoms with Crippen LogP contribution in [0.25, 0.3) is 0 Å². The smallest absolute Gasteiger partial charge is 0.250 e. The Morgan fingerprint density at radius 2 is 2.29 bits per heavy atom. The molecule has 2 aliphatic heterocycles. The fraction of sp³-hybridized carbons (Fsp3) is 0.750. The first-order chi connectivity index (χ1) is 6.15. The molecule has 1 unspecified atom stereocenters. The van der Waals surface area contributed by atoms with Crippen LogP contribution < -0.4 is 17.8 Å². The number of nitrogens with zero attached hydrogens (tertiary/aromatic N) is 2. The molecule has 1 atom stereocenters. The third-order valence-corrected chi connectivity index (χ3v) is 5.07. The molecule has 0 aromatic rings. The molecule has 2 heterocycles. The van der Waals surface area contributed by atoms with Gasteiger partial charge in [0.25, 0.3) is 0 Å². The summed E-state index contributed by atoms with van der Waals surface area (Å²) in [5.41, 5.74) is 4.72. The van der Waals surface area contributed by atoms with Crippen molar-refractivity contribution in [3.05, 3.63) is 0 Å². The van der Waals surface area contributed by atoms with Gasteiger partial charge in [0.05, 0.1) is 11.5 Å². The Kier molecular flexibility index (Phi) is 3.77. The maximum atomic E-state index is 4.20. The zero-order valence-electron chi connectivity index (χ0n) is 8.50. The molecule has 1 fully saturated rings. The van der Waals surface area contributed by atoms with E-state index in [9.17, 15) is 0 Å². The van der Waals surface area contributed by atoms with E-state index < -0.39 is 0 Å². The molecule has 0 radical (unpaired) electrons. The van der Waals surface area contributed by atoms with E-state index in [4.69, 9.17) is 0 Å². The van der Waals surface area contributed by atoms with E-state index in [1.165, 1.54) is 5.71 Å². The van der Waals surface area contributed by atoms with Gasteiger partial charge in [0.2, 0.25) is 10.0 Å². The van der Waals surface area contributed by atoms with Crippen molar-refractivity contribution < 1.29 is 17.1 Å². The van der Waals surface area contributed by atoms with Crippen molar-refractivity contribution in [3.8, 4) is 0 Å². The normalized spacial score (nSPS) is 33.8. The quantitative estimate of drug-likeness (QED) is 0.513. The molecule has 2 rings (SSSR count). The molecule has 0 saturated carbocycles. The first-order valence-corrected chi connectivity index (χ1v) is 6.26. The van der Waals surface area contributed by atoms with Gasteiger partial charge in [0.1, 0.15) is 0 Å². The van der Waals surface area contributed by atoms with E-state index in [-0.39, 0.29) is 17.3 Å². The largest absolute Gasteiger partial charge is 1.00 e. The maximum Gasteiger partial charge on any atom is 0.250 e. The van der Waals surface area contributed by atoms with Gasteiger partial charge in [-0.2, -0.15) is 0 Å². The maximum absolute atomic E-state index is 4.20. The van der Waals surface area contributed by atoms with Crippen molar-refractivity contribution in [2.24, 2.45) is 4.99 Å². The number of aliphatic imine (C=N–C) groups is 1. The fourth-order valence-corrected chi connectivity index (χ4v) is 4.09. The third-order valence-electron chi connectivity index (χ3n) is 2.26. The van der Waals surface area contributed by atoms with Crippen molar-refractivity contribution in [2.75, 3.05) is 18.6 Å². The Labute approximate surface area is 99.2 Å². The van der Waals surface area contributed by atoms with Gasteiger partial charge in [-0.1, -0.05) is 0 Å². The summed E-state index contributed by atoms with van der Waals surface area (Å²) in [6, 6.07) is 0. The number of halogens is 1. The Bertz CT molecular complexity index is 303. The average molecular weight is 252 g/mol. The number of hydrogen-bond acceptors (Lipinski definition) is 3. The third kappa shape index (κ3) is 1.90. The van der Waals surface area contributed by atoms with Gasteiger partial charge < -0.3 is 12.4 Å². The summed E-state index contributed by atoms with van der Waals surface area (Å²) in [6.07, 6.45) is 0. The van der Waals surface area contributed by atoms with E-state index in [2.05, 4.69) is 29.0 Å². The number of nitrogens with one attached hydrogen (secondary N) is 1. The van der Waals surface area contributed by atoms with Crippen LogP contribution >= 0.6 is 23.5 Å². The molecule has 2 aliphatic rings.